The summed E-state index contributed by atoms with van der Waals surface area (Å²) in [5.41, 5.74) is 5.21. The molecule has 0 saturated carbocycles. The highest BCUT2D eigenvalue weighted by Gasteiger charge is 2.36. The van der Waals surface area contributed by atoms with Crippen LogP contribution in [0.4, 0.5) is 5.82 Å². The summed E-state index contributed by atoms with van der Waals surface area (Å²) in [5.74, 6) is 0.906. The van der Waals surface area contributed by atoms with E-state index in [-0.39, 0.29) is 0 Å². The van der Waals surface area contributed by atoms with Gasteiger partial charge in [-0.05, 0) is 30.0 Å². The van der Waals surface area contributed by atoms with Crippen LogP contribution in [-0.2, 0) is 4.74 Å². The number of fused-ring (bicyclic) bond motifs is 3. The number of piperazine rings is 1. The van der Waals surface area contributed by atoms with Gasteiger partial charge < -0.3 is 15.0 Å². The maximum absolute atomic E-state index is 9.58. The van der Waals surface area contributed by atoms with Crippen LogP contribution in [0.25, 0.3) is 22.3 Å². The molecule has 3 fully saturated rings. The number of hydrogen-bond acceptors (Lipinski definition) is 7. The SMILES string of the molecule is N#Cc1cnn2cc(C3=CCOCC3)cc(-c3cnc(N4CC5CC(C4)N5)cn3)c12. The van der Waals surface area contributed by atoms with E-state index in [1.807, 2.05) is 18.6 Å². The molecule has 7 heterocycles. The lowest BCUT2D eigenvalue weighted by atomic mass is 9.91. The van der Waals surface area contributed by atoms with Crippen molar-refractivity contribution in [2.45, 2.75) is 24.9 Å². The molecule has 0 spiro atoms. The third kappa shape index (κ3) is 2.86. The molecule has 8 heteroatoms. The molecule has 30 heavy (non-hydrogen) atoms. The van der Waals surface area contributed by atoms with Crippen LogP contribution in [0.1, 0.15) is 24.0 Å². The number of ether oxygens (including phenoxy) is 1. The Labute approximate surface area is 173 Å². The molecular formula is C22H21N7O. The van der Waals surface area contributed by atoms with Gasteiger partial charge in [-0.2, -0.15) is 10.4 Å². The van der Waals surface area contributed by atoms with Crippen LogP contribution < -0.4 is 10.2 Å². The molecule has 2 atom stereocenters. The van der Waals surface area contributed by atoms with Crippen molar-refractivity contribution in [2.24, 2.45) is 0 Å². The van der Waals surface area contributed by atoms with Crippen LogP contribution in [0.5, 0.6) is 0 Å². The smallest absolute Gasteiger partial charge is 0.147 e. The van der Waals surface area contributed by atoms with Gasteiger partial charge in [0.25, 0.3) is 0 Å². The lowest BCUT2D eigenvalue weighted by Crippen LogP contribution is -2.67. The zero-order valence-electron chi connectivity index (χ0n) is 16.5. The van der Waals surface area contributed by atoms with Gasteiger partial charge in [0.15, 0.2) is 0 Å². The normalized spacial score (nSPS) is 23.0. The minimum absolute atomic E-state index is 0.533. The van der Waals surface area contributed by atoms with Crippen molar-refractivity contribution < 1.29 is 4.74 Å². The number of nitriles is 1. The van der Waals surface area contributed by atoms with E-state index in [4.69, 9.17) is 14.7 Å². The van der Waals surface area contributed by atoms with Gasteiger partial charge in [0.2, 0.25) is 0 Å². The Morgan fingerprint density at radius 1 is 1.17 bits per heavy atom. The number of hydrogen-bond donors (Lipinski definition) is 1. The first kappa shape index (κ1) is 17.6. The third-order valence-electron chi connectivity index (χ3n) is 6.23. The van der Waals surface area contributed by atoms with Crippen LogP contribution >= 0.6 is 0 Å². The van der Waals surface area contributed by atoms with Crippen molar-refractivity contribution >= 4 is 16.9 Å². The minimum Gasteiger partial charge on any atom is -0.377 e. The monoisotopic (exact) mass is 399 g/mol. The van der Waals surface area contributed by atoms with E-state index in [2.05, 4.69) is 33.5 Å². The average Bonchev–Trinajstić information content (AvgIpc) is 3.22. The predicted octanol–water partition coefficient (Wildman–Crippen LogP) is 2.02. The number of rotatable bonds is 3. The molecule has 0 radical (unpaired) electrons. The molecule has 3 saturated heterocycles. The summed E-state index contributed by atoms with van der Waals surface area (Å²) in [6, 6.07) is 5.48. The number of aromatic nitrogens is 4. The molecule has 8 nitrogen and oxygen atoms in total. The predicted molar refractivity (Wildman–Crippen MR) is 112 cm³/mol. The first-order valence-corrected chi connectivity index (χ1v) is 10.3. The summed E-state index contributed by atoms with van der Waals surface area (Å²) in [6.45, 7) is 3.28. The molecule has 4 aliphatic rings. The second kappa shape index (κ2) is 6.90. The second-order valence-electron chi connectivity index (χ2n) is 8.12. The summed E-state index contributed by atoms with van der Waals surface area (Å²) in [6.07, 6.45) is 11.5. The van der Waals surface area contributed by atoms with Gasteiger partial charge in [-0.3, -0.25) is 4.98 Å². The van der Waals surface area contributed by atoms with Crippen LogP contribution in [-0.4, -0.2) is 58.0 Å². The number of nitrogens with zero attached hydrogens (tertiary/aromatic N) is 6. The molecule has 0 aromatic carbocycles. The standard InChI is InChI=1S/C22H21N7O/c23-7-16-8-26-29-11-15(14-1-3-30-4-2-14)5-19(22(16)29)20-9-25-21(10-24-20)28-12-17-6-18(13-28)27-17/h1,5,8-11,17-18,27H,2-4,6,12-13H2. The highest BCUT2D eigenvalue weighted by Crippen LogP contribution is 2.32. The molecule has 7 rings (SSSR count). The lowest BCUT2D eigenvalue weighted by Gasteiger charge is -2.48. The number of piperidine rings is 1. The maximum Gasteiger partial charge on any atom is 0.147 e. The fourth-order valence-corrected chi connectivity index (χ4v) is 4.69. The average molecular weight is 399 g/mol. The molecule has 2 unspecified atom stereocenters. The van der Waals surface area contributed by atoms with Crippen LogP contribution in [0.3, 0.4) is 0 Å². The largest absolute Gasteiger partial charge is 0.377 e. The van der Waals surface area contributed by atoms with Crippen molar-refractivity contribution in [3.8, 4) is 17.3 Å². The van der Waals surface area contributed by atoms with Gasteiger partial charge in [0.1, 0.15) is 11.9 Å². The molecule has 3 aromatic rings. The number of pyridine rings is 1. The van der Waals surface area contributed by atoms with E-state index in [9.17, 15) is 5.26 Å². The molecule has 0 aliphatic carbocycles. The van der Waals surface area contributed by atoms with Crippen LogP contribution in [0.2, 0.25) is 0 Å². The second-order valence-corrected chi connectivity index (χ2v) is 8.12. The third-order valence-corrected chi connectivity index (χ3v) is 6.23. The highest BCUT2D eigenvalue weighted by molar-refractivity contribution is 5.85. The van der Waals surface area contributed by atoms with Crippen molar-refractivity contribution in [3.05, 3.63) is 48.1 Å². The molecule has 2 bridgehead atoms. The summed E-state index contributed by atoms with van der Waals surface area (Å²) in [7, 11) is 0. The fourth-order valence-electron chi connectivity index (χ4n) is 4.69. The quantitative estimate of drug-likeness (QED) is 0.720. The van der Waals surface area contributed by atoms with E-state index in [0.717, 1.165) is 47.7 Å². The van der Waals surface area contributed by atoms with Crippen molar-refractivity contribution in [1.29, 1.82) is 5.26 Å². The highest BCUT2D eigenvalue weighted by atomic mass is 16.5. The van der Waals surface area contributed by atoms with Gasteiger partial charge >= 0.3 is 0 Å². The topological polar surface area (TPSA) is 91.4 Å². The Hall–Kier alpha value is -3.28. The molecule has 3 aromatic heterocycles. The van der Waals surface area contributed by atoms with Crippen molar-refractivity contribution in [1.82, 2.24) is 24.9 Å². The Morgan fingerprint density at radius 3 is 2.73 bits per heavy atom. The summed E-state index contributed by atoms with van der Waals surface area (Å²) >= 11 is 0. The maximum atomic E-state index is 9.58. The molecule has 4 aliphatic heterocycles. The van der Waals surface area contributed by atoms with E-state index in [1.165, 1.54) is 12.0 Å². The fraction of sp³-hybridized carbons (Fsp3) is 0.364. The molecule has 150 valence electrons. The molecule has 0 amide bonds. The summed E-state index contributed by atoms with van der Waals surface area (Å²) < 4.78 is 7.23. The van der Waals surface area contributed by atoms with Crippen LogP contribution in [0.15, 0.2) is 36.9 Å². The van der Waals surface area contributed by atoms with E-state index in [0.29, 0.717) is 30.9 Å². The van der Waals surface area contributed by atoms with Gasteiger partial charge in [0.05, 0.1) is 48.6 Å². The summed E-state index contributed by atoms with van der Waals surface area (Å²) in [4.78, 5) is 11.7. The van der Waals surface area contributed by atoms with E-state index < -0.39 is 0 Å². The van der Waals surface area contributed by atoms with E-state index in [1.54, 1.807) is 10.7 Å². The Bertz CT molecular complexity index is 1170. The van der Waals surface area contributed by atoms with Gasteiger partial charge in [-0.1, -0.05) is 6.08 Å². The minimum atomic E-state index is 0.533. The zero-order chi connectivity index (χ0) is 20.1. The van der Waals surface area contributed by atoms with E-state index >= 15 is 0 Å². The van der Waals surface area contributed by atoms with Crippen LogP contribution in [0, 0.1) is 11.3 Å². The number of nitrogens with one attached hydrogen (secondary N) is 1. The Morgan fingerprint density at radius 2 is 2.03 bits per heavy atom. The first-order chi connectivity index (χ1) is 14.8. The molecular weight excluding hydrogens is 378 g/mol. The van der Waals surface area contributed by atoms with Crippen molar-refractivity contribution in [2.75, 3.05) is 31.2 Å². The van der Waals surface area contributed by atoms with Gasteiger partial charge in [0, 0.05) is 36.9 Å². The van der Waals surface area contributed by atoms with Crippen molar-refractivity contribution in [3.63, 3.8) is 0 Å². The zero-order valence-corrected chi connectivity index (χ0v) is 16.5. The number of anilines is 1. The molecule has 1 N–H and O–H groups in total. The van der Waals surface area contributed by atoms with Gasteiger partial charge in [-0.15, -0.1) is 0 Å². The Balaban J connectivity index is 1.42. The summed E-state index contributed by atoms with van der Waals surface area (Å²) in [5, 5.41) is 17.5. The Kier molecular flexibility index (Phi) is 4.04. The van der Waals surface area contributed by atoms with Gasteiger partial charge in [-0.25, -0.2) is 9.50 Å². The lowest BCUT2D eigenvalue weighted by molar-refractivity contribution is 0.161. The first-order valence-electron chi connectivity index (χ1n) is 10.3.